The van der Waals surface area contributed by atoms with Crippen molar-refractivity contribution in [2.75, 3.05) is 19.6 Å². The zero-order chi connectivity index (χ0) is 12.8. The van der Waals surface area contributed by atoms with Gasteiger partial charge in [0.1, 0.15) is 0 Å². The molecule has 0 aromatic rings. The van der Waals surface area contributed by atoms with Crippen LogP contribution in [0.25, 0.3) is 0 Å². The van der Waals surface area contributed by atoms with Gasteiger partial charge in [-0.15, -0.1) is 0 Å². The summed E-state index contributed by atoms with van der Waals surface area (Å²) in [6, 6.07) is 0. The fourth-order valence-corrected chi connectivity index (χ4v) is 1.28. The summed E-state index contributed by atoms with van der Waals surface area (Å²) in [7, 11) is -6.09. The smallest absolute Gasteiger partial charge is 1.00 e. The van der Waals surface area contributed by atoms with Crippen LogP contribution in [0.5, 0.6) is 0 Å². The molecule has 0 atom stereocenters. The van der Waals surface area contributed by atoms with Crippen molar-refractivity contribution in [3.8, 4) is 0 Å². The van der Waals surface area contributed by atoms with Crippen molar-refractivity contribution in [2.45, 2.75) is 31.7 Å². The minimum Gasteiger partial charge on any atom is -1.00 e. The number of hydrogen-bond acceptors (Lipinski definition) is 4. The molecule has 0 spiro atoms. The number of piperidine rings is 1. The molecule has 11 heteroatoms. The molecular formula is C8H15BrF3NO3SSnZn+4. The maximum Gasteiger partial charge on any atom is 4.00 e. The first-order chi connectivity index (χ1) is 7.18. The predicted octanol–water partition coefficient (Wildman–Crippen LogP) is -1.84. The van der Waals surface area contributed by atoms with Gasteiger partial charge in [0.05, 0.1) is 0 Å². The van der Waals surface area contributed by atoms with Gasteiger partial charge < -0.3 is 26.4 Å². The number of alkyl halides is 3. The molecule has 0 unspecified atom stereocenters. The molecule has 1 rings (SSSR count). The van der Waals surface area contributed by atoms with E-state index >= 15 is 0 Å². The molecular weight excluding hydrogens is 511 g/mol. The van der Waals surface area contributed by atoms with Gasteiger partial charge in [-0.3, -0.25) is 0 Å². The summed E-state index contributed by atoms with van der Waals surface area (Å²) in [6.45, 7) is 6.18. The van der Waals surface area contributed by atoms with Crippen molar-refractivity contribution in [3.05, 3.63) is 0 Å². The van der Waals surface area contributed by atoms with E-state index in [4.69, 9.17) is 13.0 Å². The van der Waals surface area contributed by atoms with Crippen molar-refractivity contribution < 1.29 is 62.6 Å². The molecule has 0 saturated carbocycles. The summed E-state index contributed by atoms with van der Waals surface area (Å²) in [5.41, 5.74) is -5.65. The first-order valence-electron chi connectivity index (χ1n) is 4.93. The average molecular weight is 526 g/mol. The van der Waals surface area contributed by atoms with E-state index in [0.29, 0.717) is 0 Å². The van der Waals surface area contributed by atoms with Gasteiger partial charge >= 0.3 is 48.9 Å². The second-order valence-corrected chi connectivity index (χ2v) is 4.77. The molecule has 0 aromatic heterocycles. The van der Waals surface area contributed by atoms with Gasteiger partial charge in [0, 0.05) is 0 Å². The van der Waals surface area contributed by atoms with Crippen LogP contribution in [-0.4, -0.2) is 66.9 Å². The molecule has 4 nitrogen and oxygen atoms in total. The largest absolute Gasteiger partial charge is 4.00 e. The first kappa shape index (κ1) is 28.7. The Kier molecular flexibility index (Phi) is 20.0. The summed E-state index contributed by atoms with van der Waals surface area (Å²) >= 11 is 0. The Balaban J connectivity index is -0.000000102. The van der Waals surface area contributed by atoms with Crippen LogP contribution in [0.3, 0.4) is 0 Å². The van der Waals surface area contributed by atoms with E-state index in [1.165, 1.54) is 38.9 Å². The molecule has 1 fully saturated rings. The zero-order valence-corrected chi connectivity index (χ0v) is 18.8. The molecule has 0 aromatic carbocycles. The van der Waals surface area contributed by atoms with E-state index in [9.17, 15) is 13.2 Å². The molecule has 0 amide bonds. The van der Waals surface area contributed by atoms with Gasteiger partial charge in [-0.05, 0) is 32.5 Å². The quantitative estimate of drug-likeness (QED) is 0.229. The SMILES string of the molecule is CCN1CCCCC1.O=S(=O)([O-])C(F)(F)F.[Br-].[Sn+4].[Zn+2]. The third-order valence-electron chi connectivity index (χ3n) is 2.18. The average Bonchev–Trinajstić information content (AvgIpc) is 2.17. The van der Waals surface area contributed by atoms with Crippen LogP contribution in [0.15, 0.2) is 0 Å². The second-order valence-electron chi connectivity index (χ2n) is 3.39. The Bertz CT molecular complexity index is 300. The van der Waals surface area contributed by atoms with E-state index in [0.717, 1.165) is 0 Å². The topological polar surface area (TPSA) is 60.4 Å². The van der Waals surface area contributed by atoms with Crippen molar-refractivity contribution in [1.29, 1.82) is 0 Å². The van der Waals surface area contributed by atoms with Gasteiger partial charge in [-0.2, -0.15) is 13.2 Å². The van der Waals surface area contributed by atoms with Crippen LogP contribution >= 0.6 is 0 Å². The molecule has 1 aliphatic rings. The van der Waals surface area contributed by atoms with E-state index in [2.05, 4.69) is 11.8 Å². The van der Waals surface area contributed by atoms with Gasteiger partial charge in [0.25, 0.3) is 0 Å². The summed E-state index contributed by atoms with van der Waals surface area (Å²) in [5, 5.41) is 0. The number of rotatable bonds is 1. The molecule has 0 N–H and O–H groups in total. The van der Waals surface area contributed by atoms with Crippen LogP contribution in [0.4, 0.5) is 13.2 Å². The van der Waals surface area contributed by atoms with Gasteiger partial charge in [0.15, 0.2) is 10.1 Å². The Hall–Kier alpha value is 1.56. The van der Waals surface area contributed by atoms with Gasteiger partial charge in [-0.25, -0.2) is 8.42 Å². The molecule has 0 radical (unpaired) electrons. The summed E-state index contributed by atoms with van der Waals surface area (Å²) in [5.74, 6) is 0. The molecule has 1 saturated heterocycles. The standard InChI is InChI=1S/C7H15N.CHF3O3S.BrH.Sn.Zn/c1-2-8-6-4-3-5-7-8;2-1(3,4)8(5,6)7;;;/h2-7H2,1H3;(H,5,6,7);1H;;/q;;;+4;+2/p-2. The molecule has 1 aliphatic heterocycles. The molecule has 1 heterocycles. The van der Waals surface area contributed by atoms with Crippen molar-refractivity contribution in [3.63, 3.8) is 0 Å². The normalized spacial score (nSPS) is 15.8. The predicted molar refractivity (Wildman–Crippen MR) is 57.5 cm³/mol. The minimum absolute atomic E-state index is 0. The van der Waals surface area contributed by atoms with E-state index < -0.39 is 15.6 Å². The third-order valence-corrected chi connectivity index (χ3v) is 2.75. The second kappa shape index (κ2) is 13.2. The Labute approximate surface area is 152 Å². The number of hydrogen-bond donors (Lipinski definition) is 0. The van der Waals surface area contributed by atoms with E-state index in [1.54, 1.807) is 0 Å². The van der Waals surface area contributed by atoms with Crippen molar-refractivity contribution in [1.82, 2.24) is 4.90 Å². The Morgan fingerprint density at radius 3 is 1.63 bits per heavy atom. The maximum atomic E-state index is 10.7. The first-order valence-corrected chi connectivity index (χ1v) is 6.34. The van der Waals surface area contributed by atoms with E-state index in [-0.39, 0.29) is 60.4 Å². The summed E-state index contributed by atoms with van der Waals surface area (Å²) in [6.07, 6.45) is 4.30. The summed E-state index contributed by atoms with van der Waals surface area (Å²) < 4.78 is 58.9. The number of likely N-dealkylation sites (tertiary alicyclic amines) is 1. The Morgan fingerprint density at radius 2 is 1.47 bits per heavy atom. The van der Waals surface area contributed by atoms with Gasteiger partial charge in [-0.1, -0.05) is 13.3 Å². The maximum absolute atomic E-state index is 10.7. The van der Waals surface area contributed by atoms with Crippen molar-refractivity contribution in [2.24, 2.45) is 0 Å². The van der Waals surface area contributed by atoms with Crippen LogP contribution in [-0.2, 0) is 29.6 Å². The van der Waals surface area contributed by atoms with Crippen LogP contribution < -0.4 is 17.0 Å². The number of nitrogens with zero attached hydrogens (tertiary/aromatic N) is 1. The van der Waals surface area contributed by atoms with Crippen molar-refractivity contribution >= 4 is 34.0 Å². The fourth-order valence-electron chi connectivity index (χ4n) is 1.28. The minimum atomic E-state index is -6.09. The Morgan fingerprint density at radius 1 is 1.16 bits per heavy atom. The monoisotopic (exact) mass is 525 g/mol. The molecule has 106 valence electrons. The molecule has 0 bridgehead atoms. The summed E-state index contributed by atoms with van der Waals surface area (Å²) in [4.78, 5) is 2.52. The van der Waals surface area contributed by atoms with Gasteiger partial charge in [0.2, 0.25) is 0 Å². The zero-order valence-electron chi connectivity index (χ0n) is 10.5. The number of halogens is 4. The van der Waals surface area contributed by atoms with Crippen LogP contribution in [0, 0.1) is 0 Å². The van der Waals surface area contributed by atoms with Crippen LogP contribution in [0.1, 0.15) is 26.2 Å². The molecule has 0 aliphatic carbocycles. The third kappa shape index (κ3) is 14.3. The molecule has 19 heavy (non-hydrogen) atoms. The van der Waals surface area contributed by atoms with Crippen LogP contribution in [0.2, 0.25) is 0 Å². The van der Waals surface area contributed by atoms with E-state index in [1.807, 2.05) is 0 Å². The fraction of sp³-hybridized carbons (Fsp3) is 1.00.